The van der Waals surface area contributed by atoms with Crippen LogP contribution in [0.1, 0.15) is 5.69 Å². The van der Waals surface area contributed by atoms with Crippen LogP contribution in [0.4, 0.5) is 5.00 Å². The van der Waals surface area contributed by atoms with Crippen molar-refractivity contribution >= 4 is 28.2 Å². The molecule has 6 heteroatoms. The van der Waals surface area contributed by atoms with Crippen LogP contribution in [0.5, 0.6) is 0 Å². The van der Waals surface area contributed by atoms with Crippen molar-refractivity contribution in [3.63, 3.8) is 0 Å². The molecule has 64 valence electrons. The SMILES string of the molecule is Cc1ncsc1NC(=O)C(N)=O. The second kappa shape index (κ2) is 3.31. The number of hydrogen-bond acceptors (Lipinski definition) is 4. The van der Waals surface area contributed by atoms with Crippen molar-refractivity contribution in [3.8, 4) is 0 Å². The van der Waals surface area contributed by atoms with Gasteiger partial charge in [0.2, 0.25) is 0 Å². The summed E-state index contributed by atoms with van der Waals surface area (Å²) < 4.78 is 0. The Morgan fingerprint density at radius 3 is 2.75 bits per heavy atom. The molecule has 1 heterocycles. The molecule has 0 spiro atoms. The van der Waals surface area contributed by atoms with E-state index in [1.807, 2.05) is 0 Å². The summed E-state index contributed by atoms with van der Waals surface area (Å²) in [4.78, 5) is 25.0. The van der Waals surface area contributed by atoms with E-state index in [-0.39, 0.29) is 0 Å². The van der Waals surface area contributed by atoms with Gasteiger partial charge in [0, 0.05) is 0 Å². The van der Waals surface area contributed by atoms with Crippen molar-refractivity contribution in [1.82, 2.24) is 4.98 Å². The van der Waals surface area contributed by atoms with E-state index in [2.05, 4.69) is 10.3 Å². The molecule has 5 nitrogen and oxygen atoms in total. The van der Waals surface area contributed by atoms with Gasteiger partial charge < -0.3 is 11.1 Å². The zero-order valence-corrected chi connectivity index (χ0v) is 7.14. The molecule has 1 aromatic heterocycles. The van der Waals surface area contributed by atoms with Crippen molar-refractivity contribution in [3.05, 3.63) is 11.2 Å². The maximum absolute atomic E-state index is 10.8. The van der Waals surface area contributed by atoms with Crippen molar-refractivity contribution in [2.45, 2.75) is 6.92 Å². The number of hydrogen-bond donors (Lipinski definition) is 2. The second-order valence-corrected chi connectivity index (χ2v) is 2.94. The largest absolute Gasteiger partial charge is 0.361 e. The van der Waals surface area contributed by atoms with E-state index in [0.29, 0.717) is 10.7 Å². The van der Waals surface area contributed by atoms with Crippen LogP contribution in [0, 0.1) is 6.92 Å². The Hall–Kier alpha value is -1.43. The van der Waals surface area contributed by atoms with Crippen LogP contribution < -0.4 is 11.1 Å². The first-order chi connectivity index (χ1) is 5.61. The predicted octanol–water partition coefficient (Wildman–Crippen LogP) is -0.125. The summed E-state index contributed by atoms with van der Waals surface area (Å²) in [5.41, 5.74) is 6.99. The number of anilines is 1. The van der Waals surface area contributed by atoms with E-state index < -0.39 is 11.8 Å². The fourth-order valence-electron chi connectivity index (χ4n) is 0.587. The molecule has 0 unspecified atom stereocenters. The van der Waals surface area contributed by atoms with Gasteiger partial charge >= 0.3 is 11.8 Å². The zero-order chi connectivity index (χ0) is 9.14. The van der Waals surface area contributed by atoms with Crippen LogP contribution >= 0.6 is 11.3 Å². The maximum atomic E-state index is 10.8. The van der Waals surface area contributed by atoms with Crippen molar-refractivity contribution in [2.24, 2.45) is 5.73 Å². The summed E-state index contributed by atoms with van der Waals surface area (Å²) in [6.45, 7) is 1.73. The summed E-state index contributed by atoms with van der Waals surface area (Å²) in [6.07, 6.45) is 0. The molecule has 1 aromatic rings. The average molecular weight is 185 g/mol. The van der Waals surface area contributed by atoms with Crippen LogP contribution in [-0.4, -0.2) is 16.8 Å². The van der Waals surface area contributed by atoms with E-state index in [9.17, 15) is 9.59 Å². The minimum atomic E-state index is -0.997. The summed E-state index contributed by atoms with van der Waals surface area (Å²) in [5, 5.41) is 2.89. The molecule has 0 aliphatic rings. The Morgan fingerprint density at radius 2 is 2.33 bits per heavy atom. The number of aryl methyl sites for hydroxylation is 1. The van der Waals surface area contributed by atoms with Crippen molar-refractivity contribution < 1.29 is 9.59 Å². The highest BCUT2D eigenvalue weighted by molar-refractivity contribution is 7.14. The molecule has 0 bridgehead atoms. The van der Waals surface area contributed by atoms with Crippen molar-refractivity contribution in [2.75, 3.05) is 5.32 Å². The monoisotopic (exact) mass is 185 g/mol. The molecular formula is C6H7N3O2S. The highest BCUT2D eigenvalue weighted by Crippen LogP contribution is 2.18. The third-order valence-electron chi connectivity index (χ3n) is 1.20. The molecule has 12 heavy (non-hydrogen) atoms. The number of carbonyl (C=O) groups is 2. The Balaban J connectivity index is 2.71. The van der Waals surface area contributed by atoms with Gasteiger partial charge in [0.05, 0.1) is 11.2 Å². The van der Waals surface area contributed by atoms with Gasteiger partial charge in [-0.15, -0.1) is 11.3 Å². The highest BCUT2D eigenvalue weighted by atomic mass is 32.1. The van der Waals surface area contributed by atoms with Gasteiger partial charge in [0.1, 0.15) is 5.00 Å². The van der Waals surface area contributed by atoms with Gasteiger partial charge in [-0.1, -0.05) is 0 Å². The Morgan fingerprint density at radius 1 is 1.67 bits per heavy atom. The number of carbonyl (C=O) groups excluding carboxylic acids is 2. The number of rotatable bonds is 1. The summed E-state index contributed by atoms with van der Waals surface area (Å²) in [5.74, 6) is -1.81. The first-order valence-corrected chi connectivity index (χ1v) is 4.00. The topological polar surface area (TPSA) is 85.1 Å². The molecule has 0 aliphatic heterocycles. The lowest BCUT2D eigenvalue weighted by atomic mass is 10.5. The fourth-order valence-corrected chi connectivity index (χ4v) is 1.28. The minimum absolute atomic E-state index is 0.554. The number of nitrogens with zero attached hydrogens (tertiary/aromatic N) is 1. The number of aromatic nitrogens is 1. The molecule has 0 fully saturated rings. The van der Waals surface area contributed by atoms with Crippen LogP contribution in [0.25, 0.3) is 0 Å². The summed E-state index contributed by atoms with van der Waals surface area (Å²) in [6, 6.07) is 0. The number of nitrogens with one attached hydrogen (secondary N) is 1. The molecule has 2 amide bonds. The molecule has 1 rings (SSSR count). The first-order valence-electron chi connectivity index (χ1n) is 3.12. The van der Waals surface area contributed by atoms with Gasteiger partial charge in [-0.2, -0.15) is 0 Å². The second-order valence-electron chi connectivity index (χ2n) is 2.09. The Kier molecular flexibility index (Phi) is 2.39. The summed E-state index contributed by atoms with van der Waals surface area (Å²) >= 11 is 1.24. The van der Waals surface area contributed by atoms with E-state index in [1.165, 1.54) is 11.3 Å². The maximum Gasteiger partial charge on any atom is 0.314 e. The molecule has 0 aromatic carbocycles. The fraction of sp³-hybridized carbons (Fsp3) is 0.167. The lowest BCUT2D eigenvalue weighted by Gasteiger charge is -1.97. The molecule has 0 atom stereocenters. The molecule has 0 saturated heterocycles. The van der Waals surface area contributed by atoms with E-state index in [0.717, 1.165) is 0 Å². The average Bonchev–Trinajstić information content (AvgIpc) is 2.36. The predicted molar refractivity (Wildman–Crippen MR) is 44.7 cm³/mol. The molecule has 0 saturated carbocycles. The van der Waals surface area contributed by atoms with Gasteiger partial charge in [-0.25, -0.2) is 4.98 Å². The van der Waals surface area contributed by atoms with Crippen LogP contribution in [0.15, 0.2) is 5.51 Å². The summed E-state index contributed by atoms with van der Waals surface area (Å²) in [7, 11) is 0. The lowest BCUT2D eigenvalue weighted by Crippen LogP contribution is -2.29. The van der Waals surface area contributed by atoms with Gasteiger partial charge in [0.15, 0.2) is 0 Å². The number of primary amides is 1. The standard InChI is InChI=1S/C6H7N3O2S/c1-3-6(12-2-8-3)9-5(11)4(7)10/h2H,1H3,(H2,7,10)(H,9,11). The Labute approximate surface area is 72.6 Å². The molecule has 3 N–H and O–H groups in total. The van der Waals surface area contributed by atoms with Gasteiger partial charge in [0.25, 0.3) is 0 Å². The number of nitrogens with two attached hydrogens (primary N) is 1. The highest BCUT2D eigenvalue weighted by Gasteiger charge is 2.10. The van der Waals surface area contributed by atoms with Crippen LogP contribution in [-0.2, 0) is 9.59 Å². The Bertz CT molecular complexity index is 320. The first kappa shape index (κ1) is 8.66. The van der Waals surface area contributed by atoms with Gasteiger partial charge in [-0.3, -0.25) is 9.59 Å². The molecule has 0 aliphatic carbocycles. The lowest BCUT2D eigenvalue weighted by molar-refractivity contribution is -0.134. The van der Waals surface area contributed by atoms with Crippen LogP contribution in [0.2, 0.25) is 0 Å². The normalized spacial score (nSPS) is 9.42. The quantitative estimate of drug-likeness (QED) is 0.598. The zero-order valence-electron chi connectivity index (χ0n) is 6.33. The number of amides is 2. The molecule has 0 radical (unpaired) electrons. The minimum Gasteiger partial charge on any atom is -0.361 e. The van der Waals surface area contributed by atoms with E-state index in [1.54, 1.807) is 12.4 Å². The smallest absolute Gasteiger partial charge is 0.314 e. The van der Waals surface area contributed by atoms with E-state index >= 15 is 0 Å². The van der Waals surface area contributed by atoms with Gasteiger partial charge in [-0.05, 0) is 6.92 Å². The third-order valence-corrected chi connectivity index (χ3v) is 2.04. The number of thiazole rings is 1. The molecular weight excluding hydrogens is 178 g/mol. The van der Waals surface area contributed by atoms with Crippen molar-refractivity contribution in [1.29, 1.82) is 0 Å². The van der Waals surface area contributed by atoms with Crippen LogP contribution in [0.3, 0.4) is 0 Å². The third kappa shape index (κ3) is 1.79. The van der Waals surface area contributed by atoms with E-state index in [4.69, 9.17) is 5.73 Å².